The molecule has 0 spiro atoms. The van der Waals surface area contributed by atoms with E-state index in [0.717, 1.165) is 22.3 Å². The Kier molecular flexibility index (Phi) is 3.35. The topological polar surface area (TPSA) is 43.8 Å². The zero-order valence-electron chi connectivity index (χ0n) is 10.0. The molecule has 0 amide bonds. The van der Waals surface area contributed by atoms with E-state index < -0.39 is 5.54 Å². The fourth-order valence-corrected chi connectivity index (χ4v) is 2.09. The van der Waals surface area contributed by atoms with Crippen molar-refractivity contribution in [3.63, 3.8) is 0 Å². The van der Waals surface area contributed by atoms with Gasteiger partial charge in [0.05, 0.1) is 0 Å². The Hall–Kier alpha value is -1.13. The third kappa shape index (κ3) is 2.76. The molecule has 0 saturated heterocycles. The van der Waals surface area contributed by atoms with Crippen LogP contribution in [0.5, 0.6) is 0 Å². The molecular formula is C13H16BrN3. The van der Waals surface area contributed by atoms with Crippen LogP contribution >= 0.6 is 15.9 Å². The number of nitrogens with two attached hydrogens (primary N) is 1. The number of aryl methyl sites for hydroxylation is 1. The van der Waals surface area contributed by atoms with Gasteiger partial charge < -0.3 is 10.3 Å². The van der Waals surface area contributed by atoms with Crippen molar-refractivity contribution in [3.05, 3.63) is 52.5 Å². The molecule has 0 saturated carbocycles. The SMILES string of the molecule is Cn1ccnc1CC(C)(N)c1ccc(Br)cc1. The average molecular weight is 294 g/mol. The highest BCUT2D eigenvalue weighted by Crippen LogP contribution is 2.23. The first kappa shape index (κ1) is 12.3. The molecule has 0 fully saturated rings. The van der Waals surface area contributed by atoms with Crippen LogP contribution in [0, 0.1) is 0 Å². The molecule has 0 aliphatic rings. The van der Waals surface area contributed by atoms with E-state index in [1.165, 1.54) is 0 Å². The van der Waals surface area contributed by atoms with Gasteiger partial charge in [0.25, 0.3) is 0 Å². The summed E-state index contributed by atoms with van der Waals surface area (Å²) < 4.78 is 3.07. The Labute approximate surface area is 110 Å². The van der Waals surface area contributed by atoms with Crippen molar-refractivity contribution in [3.8, 4) is 0 Å². The second kappa shape index (κ2) is 4.63. The zero-order chi connectivity index (χ0) is 12.5. The molecule has 0 aliphatic heterocycles. The Bertz CT molecular complexity index is 500. The van der Waals surface area contributed by atoms with E-state index in [1.807, 2.05) is 49.0 Å². The smallest absolute Gasteiger partial charge is 0.110 e. The quantitative estimate of drug-likeness (QED) is 0.945. The minimum Gasteiger partial charge on any atom is -0.338 e. The van der Waals surface area contributed by atoms with E-state index in [2.05, 4.69) is 20.9 Å². The van der Waals surface area contributed by atoms with Gasteiger partial charge in [-0.15, -0.1) is 0 Å². The normalized spacial score (nSPS) is 14.6. The number of imidazole rings is 1. The highest BCUT2D eigenvalue weighted by Gasteiger charge is 2.23. The monoisotopic (exact) mass is 293 g/mol. The number of hydrogen-bond donors (Lipinski definition) is 1. The van der Waals surface area contributed by atoms with Crippen LogP contribution in [0.4, 0.5) is 0 Å². The maximum Gasteiger partial charge on any atom is 0.110 e. The molecule has 2 N–H and O–H groups in total. The fourth-order valence-electron chi connectivity index (χ4n) is 1.83. The van der Waals surface area contributed by atoms with Gasteiger partial charge in [0, 0.05) is 35.9 Å². The van der Waals surface area contributed by atoms with Gasteiger partial charge in [-0.05, 0) is 24.6 Å². The summed E-state index contributed by atoms with van der Waals surface area (Å²) in [6.07, 6.45) is 4.46. The molecule has 3 nitrogen and oxygen atoms in total. The lowest BCUT2D eigenvalue weighted by atomic mass is 9.89. The summed E-state index contributed by atoms with van der Waals surface area (Å²) in [6, 6.07) is 8.12. The summed E-state index contributed by atoms with van der Waals surface area (Å²) in [5, 5.41) is 0. The summed E-state index contributed by atoms with van der Waals surface area (Å²) in [6.45, 7) is 2.03. The van der Waals surface area contributed by atoms with E-state index in [9.17, 15) is 0 Å². The third-order valence-electron chi connectivity index (χ3n) is 2.95. The summed E-state index contributed by atoms with van der Waals surface area (Å²) in [5.74, 6) is 0.998. The molecular weight excluding hydrogens is 278 g/mol. The molecule has 4 heteroatoms. The number of rotatable bonds is 3. The van der Waals surface area contributed by atoms with Crippen molar-refractivity contribution in [2.24, 2.45) is 12.8 Å². The Morgan fingerprint density at radius 1 is 1.35 bits per heavy atom. The third-order valence-corrected chi connectivity index (χ3v) is 3.48. The predicted molar refractivity (Wildman–Crippen MR) is 72.6 cm³/mol. The van der Waals surface area contributed by atoms with Crippen molar-refractivity contribution in [2.75, 3.05) is 0 Å². The Morgan fingerprint density at radius 2 is 2.00 bits per heavy atom. The number of benzene rings is 1. The number of halogens is 1. The Morgan fingerprint density at radius 3 is 2.53 bits per heavy atom. The first-order valence-corrected chi connectivity index (χ1v) is 6.29. The number of nitrogens with zero attached hydrogens (tertiary/aromatic N) is 2. The second-order valence-electron chi connectivity index (χ2n) is 4.56. The average Bonchev–Trinajstić information content (AvgIpc) is 2.64. The van der Waals surface area contributed by atoms with Crippen LogP contribution in [0.1, 0.15) is 18.3 Å². The first-order valence-electron chi connectivity index (χ1n) is 5.50. The van der Waals surface area contributed by atoms with Gasteiger partial charge in [0.15, 0.2) is 0 Å². The van der Waals surface area contributed by atoms with Gasteiger partial charge in [0.2, 0.25) is 0 Å². The van der Waals surface area contributed by atoms with Gasteiger partial charge in [-0.25, -0.2) is 4.98 Å². The Balaban J connectivity index is 2.24. The minimum absolute atomic E-state index is 0.403. The highest BCUT2D eigenvalue weighted by molar-refractivity contribution is 9.10. The van der Waals surface area contributed by atoms with Crippen LogP contribution < -0.4 is 5.73 Å². The van der Waals surface area contributed by atoms with Crippen molar-refractivity contribution >= 4 is 15.9 Å². The van der Waals surface area contributed by atoms with E-state index in [0.29, 0.717) is 0 Å². The molecule has 17 heavy (non-hydrogen) atoms. The van der Waals surface area contributed by atoms with Crippen LogP contribution in [0.15, 0.2) is 41.1 Å². The van der Waals surface area contributed by atoms with Crippen LogP contribution in [0.25, 0.3) is 0 Å². The van der Waals surface area contributed by atoms with Crippen molar-refractivity contribution < 1.29 is 0 Å². The van der Waals surface area contributed by atoms with E-state index in [4.69, 9.17) is 5.73 Å². The van der Waals surface area contributed by atoms with E-state index in [1.54, 1.807) is 6.20 Å². The molecule has 1 unspecified atom stereocenters. The minimum atomic E-state index is -0.403. The van der Waals surface area contributed by atoms with Gasteiger partial charge in [-0.1, -0.05) is 28.1 Å². The maximum atomic E-state index is 6.38. The van der Waals surface area contributed by atoms with Crippen molar-refractivity contribution in [2.45, 2.75) is 18.9 Å². The van der Waals surface area contributed by atoms with Crippen LogP contribution in [-0.2, 0) is 19.0 Å². The van der Waals surface area contributed by atoms with Gasteiger partial charge in [-0.3, -0.25) is 0 Å². The molecule has 2 rings (SSSR count). The van der Waals surface area contributed by atoms with Crippen molar-refractivity contribution in [1.29, 1.82) is 0 Å². The number of hydrogen-bond acceptors (Lipinski definition) is 2. The largest absolute Gasteiger partial charge is 0.338 e. The van der Waals surface area contributed by atoms with Crippen LogP contribution in [0.2, 0.25) is 0 Å². The molecule has 90 valence electrons. The molecule has 0 bridgehead atoms. The lowest BCUT2D eigenvalue weighted by Gasteiger charge is -2.25. The number of aromatic nitrogens is 2. The summed E-state index contributed by atoms with van der Waals surface area (Å²) >= 11 is 3.43. The summed E-state index contributed by atoms with van der Waals surface area (Å²) in [4.78, 5) is 4.32. The molecule has 1 heterocycles. The molecule has 1 aromatic heterocycles. The predicted octanol–water partition coefficient (Wildman–Crippen LogP) is 2.60. The first-order chi connectivity index (χ1) is 7.99. The maximum absolute atomic E-state index is 6.38. The van der Waals surface area contributed by atoms with Crippen molar-refractivity contribution in [1.82, 2.24) is 9.55 Å². The lowest BCUT2D eigenvalue weighted by Crippen LogP contribution is -2.36. The standard InChI is InChI=1S/C13H16BrN3/c1-13(15,9-12-16-7-8-17(12)2)10-3-5-11(14)6-4-10/h3-8H,9,15H2,1-2H3. The zero-order valence-corrected chi connectivity index (χ0v) is 11.6. The fraction of sp³-hybridized carbons (Fsp3) is 0.308. The van der Waals surface area contributed by atoms with Gasteiger partial charge >= 0.3 is 0 Å². The van der Waals surface area contributed by atoms with Crippen LogP contribution in [0.3, 0.4) is 0 Å². The molecule has 2 aromatic rings. The lowest BCUT2D eigenvalue weighted by molar-refractivity contribution is 0.470. The highest BCUT2D eigenvalue weighted by atomic mass is 79.9. The van der Waals surface area contributed by atoms with Crippen LogP contribution in [-0.4, -0.2) is 9.55 Å². The van der Waals surface area contributed by atoms with E-state index in [-0.39, 0.29) is 0 Å². The summed E-state index contributed by atoms with van der Waals surface area (Å²) in [5.41, 5.74) is 7.09. The second-order valence-corrected chi connectivity index (χ2v) is 5.47. The molecule has 1 atom stereocenters. The van der Waals surface area contributed by atoms with E-state index >= 15 is 0 Å². The summed E-state index contributed by atoms with van der Waals surface area (Å²) in [7, 11) is 1.99. The molecule has 0 radical (unpaired) electrons. The van der Waals surface area contributed by atoms with Gasteiger partial charge in [0.1, 0.15) is 5.82 Å². The molecule has 0 aliphatic carbocycles. The van der Waals surface area contributed by atoms with Gasteiger partial charge in [-0.2, -0.15) is 0 Å². The molecule has 1 aromatic carbocycles.